The van der Waals surface area contributed by atoms with Crippen LogP contribution in [0.2, 0.25) is 0 Å². The van der Waals surface area contributed by atoms with Gasteiger partial charge in [-0.05, 0) is 90.9 Å². The third kappa shape index (κ3) is 4.27. The fourth-order valence-corrected chi connectivity index (χ4v) is 8.14. The molecule has 32 heavy (non-hydrogen) atoms. The van der Waals surface area contributed by atoms with Crippen LogP contribution in [0, 0.1) is 40.4 Å². The summed E-state index contributed by atoms with van der Waals surface area (Å²) in [6.07, 6.45) is 8.59. The molecule has 0 radical (unpaired) electrons. The molecular formula is C26H41NO5. The predicted molar refractivity (Wildman–Crippen MR) is 123 cm³/mol. The van der Waals surface area contributed by atoms with Crippen molar-refractivity contribution in [1.82, 2.24) is 5.32 Å². The Morgan fingerprint density at radius 1 is 1.06 bits per heavy atom. The largest absolute Gasteiger partial charge is 0.481 e. The number of Topliss-reactive ketones (excluding diaryl/α,β-unsaturated/α-hetero) is 1. The molecule has 180 valence electrons. The molecule has 0 heterocycles. The second-order valence-electron chi connectivity index (χ2n) is 11.2. The summed E-state index contributed by atoms with van der Waals surface area (Å²) in [4.78, 5) is 33.3. The second kappa shape index (κ2) is 9.28. The third-order valence-electron chi connectivity index (χ3n) is 9.47. The first-order valence-corrected chi connectivity index (χ1v) is 12.3. The molecule has 6 nitrogen and oxygen atoms in total. The van der Waals surface area contributed by atoms with Crippen molar-refractivity contribution in [2.24, 2.45) is 40.4 Å². The highest BCUT2D eigenvalue weighted by atomic mass is 16.4. The van der Waals surface area contributed by atoms with Crippen LogP contribution in [0.3, 0.4) is 0 Å². The number of aliphatic hydroxyl groups excluding tert-OH is 1. The number of carbonyl (C=O) groups is 3. The Morgan fingerprint density at radius 3 is 2.31 bits per heavy atom. The van der Waals surface area contributed by atoms with Gasteiger partial charge in [0.1, 0.15) is 0 Å². The van der Waals surface area contributed by atoms with Gasteiger partial charge in [-0.2, -0.15) is 0 Å². The van der Waals surface area contributed by atoms with Crippen LogP contribution >= 0.6 is 0 Å². The average molecular weight is 448 g/mol. The van der Waals surface area contributed by atoms with Gasteiger partial charge in [0, 0.05) is 26.9 Å². The Bertz CT molecular complexity index is 800. The number of aliphatic hydroxyl groups is 1. The number of aliphatic carboxylic acids is 1. The van der Waals surface area contributed by atoms with E-state index < -0.39 is 5.97 Å². The molecule has 3 saturated carbocycles. The van der Waals surface area contributed by atoms with Gasteiger partial charge in [-0.3, -0.25) is 14.4 Å². The molecule has 6 heteroatoms. The van der Waals surface area contributed by atoms with Crippen LogP contribution in [0.5, 0.6) is 0 Å². The summed E-state index contributed by atoms with van der Waals surface area (Å²) < 4.78 is 0. The van der Waals surface area contributed by atoms with E-state index >= 15 is 0 Å². The number of carboxylic acids is 1. The van der Waals surface area contributed by atoms with Crippen LogP contribution in [-0.4, -0.2) is 34.5 Å². The quantitative estimate of drug-likeness (QED) is 0.598. The van der Waals surface area contributed by atoms with Gasteiger partial charge in [0.2, 0.25) is 5.91 Å². The molecule has 0 saturated heterocycles. The van der Waals surface area contributed by atoms with Crippen molar-refractivity contribution in [3.8, 4) is 0 Å². The monoisotopic (exact) mass is 447 g/mol. The molecule has 0 bridgehead atoms. The number of carboxylic acid groups (broad SMARTS) is 1. The van der Waals surface area contributed by atoms with Gasteiger partial charge in [0.15, 0.2) is 5.78 Å². The molecule has 4 rings (SSSR count). The number of ketones is 1. The number of carbonyl (C=O) groups excluding carboxylic acids is 2. The van der Waals surface area contributed by atoms with E-state index in [0.29, 0.717) is 41.9 Å². The van der Waals surface area contributed by atoms with Gasteiger partial charge in [0.25, 0.3) is 5.97 Å². The minimum atomic E-state index is -0.833. The molecule has 7 atom stereocenters. The van der Waals surface area contributed by atoms with Crippen molar-refractivity contribution in [1.29, 1.82) is 0 Å². The molecule has 1 amide bonds. The van der Waals surface area contributed by atoms with Crippen molar-refractivity contribution < 1.29 is 24.6 Å². The number of fused-ring (bicyclic) bond motifs is 5. The average Bonchev–Trinajstić information content (AvgIpc) is 3.06. The first-order chi connectivity index (χ1) is 15.0. The molecule has 0 spiro atoms. The summed E-state index contributed by atoms with van der Waals surface area (Å²) >= 11 is 0. The van der Waals surface area contributed by atoms with Crippen LogP contribution < -0.4 is 5.32 Å². The van der Waals surface area contributed by atoms with Crippen molar-refractivity contribution in [2.45, 2.75) is 86.0 Å². The van der Waals surface area contributed by atoms with Crippen molar-refractivity contribution in [2.75, 3.05) is 6.61 Å². The van der Waals surface area contributed by atoms with Gasteiger partial charge < -0.3 is 15.5 Å². The van der Waals surface area contributed by atoms with Crippen molar-refractivity contribution >= 4 is 17.7 Å². The molecule has 4 aliphatic carbocycles. The lowest BCUT2D eigenvalue weighted by atomic mass is 9.46. The third-order valence-corrected chi connectivity index (χ3v) is 9.47. The van der Waals surface area contributed by atoms with E-state index in [1.165, 1.54) is 38.2 Å². The lowest BCUT2D eigenvalue weighted by Crippen LogP contribution is -2.52. The maximum atomic E-state index is 12.6. The zero-order valence-corrected chi connectivity index (χ0v) is 20.4. The van der Waals surface area contributed by atoms with Gasteiger partial charge in [-0.15, -0.1) is 0 Å². The molecular weight excluding hydrogens is 406 g/mol. The topological polar surface area (TPSA) is 104 Å². The summed E-state index contributed by atoms with van der Waals surface area (Å²) in [5.41, 5.74) is 2.27. The fourth-order valence-electron chi connectivity index (χ4n) is 8.14. The number of rotatable bonds is 3. The van der Waals surface area contributed by atoms with E-state index in [-0.39, 0.29) is 17.1 Å². The molecule has 0 aliphatic heterocycles. The van der Waals surface area contributed by atoms with Gasteiger partial charge >= 0.3 is 0 Å². The molecule has 3 N–H and O–H groups in total. The smallest absolute Gasteiger partial charge is 0.300 e. The zero-order valence-electron chi connectivity index (χ0n) is 20.4. The first-order valence-electron chi connectivity index (χ1n) is 12.3. The Morgan fingerprint density at radius 2 is 1.72 bits per heavy atom. The Hall–Kier alpha value is -1.69. The molecule has 4 aliphatic rings. The number of nitrogens with one attached hydrogen (secondary N) is 1. The molecule has 0 aromatic rings. The minimum absolute atomic E-state index is 0.0522. The van der Waals surface area contributed by atoms with Crippen LogP contribution in [0.1, 0.15) is 86.0 Å². The summed E-state index contributed by atoms with van der Waals surface area (Å²) in [5, 5.41) is 20.1. The standard InChI is InChI=1S/C24H37NO3.C2H4O2/c1-14(13-26)17-7-8-18-16-5-6-20-22(25-15(2)27)21(28)10-12-24(20,4)19(16)9-11-23(17,18)3;1-2(3)4/h14,16-19,26H,5-13H2,1-4H3,(H,25,27);1H3,(H,3,4)/t14-,16+,17-,18+,19+,23-,24-;/m1./s1. The summed E-state index contributed by atoms with van der Waals surface area (Å²) in [6, 6.07) is 0. The van der Waals surface area contributed by atoms with Gasteiger partial charge in [-0.25, -0.2) is 0 Å². The molecule has 0 aromatic carbocycles. The lowest BCUT2D eigenvalue weighted by molar-refractivity contribution is -0.134. The Labute approximate surface area is 192 Å². The van der Waals surface area contributed by atoms with Crippen molar-refractivity contribution in [3.63, 3.8) is 0 Å². The maximum Gasteiger partial charge on any atom is 0.300 e. The Kier molecular flexibility index (Phi) is 7.23. The predicted octanol–water partition coefficient (Wildman–Crippen LogP) is 4.32. The number of allylic oxidation sites excluding steroid dienone is 1. The number of hydrogen-bond donors (Lipinski definition) is 3. The highest BCUT2D eigenvalue weighted by Gasteiger charge is 2.60. The molecule has 0 unspecified atom stereocenters. The van der Waals surface area contributed by atoms with Crippen LogP contribution in [0.15, 0.2) is 11.3 Å². The van der Waals surface area contributed by atoms with Crippen molar-refractivity contribution in [3.05, 3.63) is 11.3 Å². The van der Waals surface area contributed by atoms with Gasteiger partial charge in [0.05, 0.1) is 5.70 Å². The van der Waals surface area contributed by atoms with Crippen LogP contribution in [0.25, 0.3) is 0 Å². The molecule has 0 aromatic heterocycles. The summed E-state index contributed by atoms with van der Waals surface area (Å²) in [6.45, 7) is 9.98. The van der Waals surface area contributed by atoms with E-state index in [4.69, 9.17) is 9.90 Å². The first kappa shape index (κ1) is 24.9. The highest BCUT2D eigenvalue weighted by molar-refractivity contribution is 6.00. The minimum Gasteiger partial charge on any atom is -0.481 e. The maximum absolute atomic E-state index is 12.6. The summed E-state index contributed by atoms with van der Waals surface area (Å²) in [7, 11) is 0. The fraction of sp³-hybridized carbons (Fsp3) is 0.808. The zero-order chi connectivity index (χ0) is 23.8. The van der Waals surface area contributed by atoms with E-state index in [2.05, 4.69) is 26.1 Å². The normalized spacial score (nSPS) is 39.1. The molecule has 3 fully saturated rings. The van der Waals surface area contributed by atoms with E-state index in [0.717, 1.165) is 38.0 Å². The van der Waals surface area contributed by atoms with Crippen LogP contribution in [-0.2, 0) is 14.4 Å². The Balaban J connectivity index is 0.000000668. The van der Waals surface area contributed by atoms with E-state index in [1.807, 2.05) is 0 Å². The highest BCUT2D eigenvalue weighted by Crippen LogP contribution is 2.67. The number of hydrogen-bond acceptors (Lipinski definition) is 4. The second-order valence-corrected chi connectivity index (χ2v) is 11.2. The van der Waals surface area contributed by atoms with Gasteiger partial charge in [-0.1, -0.05) is 20.8 Å². The SMILES string of the molecule is CC(=O)NC1=C2CC[C@H]3[C@@H]4CC[C@H]([C@H](C)CO)[C@@]4(C)CC[C@@H]3[C@@]2(C)CCC1=O.CC(=O)O. The summed E-state index contributed by atoms with van der Waals surface area (Å²) in [5.74, 6) is 2.26. The van der Waals surface area contributed by atoms with E-state index in [1.54, 1.807) is 0 Å². The van der Waals surface area contributed by atoms with E-state index in [9.17, 15) is 14.7 Å². The lowest BCUT2D eigenvalue weighted by Gasteiger charge is -2.58. The number of amides is 1. The van der Waals surface area contributed by atoms with Crippen LogP contribution in [0.4, 0.5) is 0 Å².